The van der Waals surface area contributed by atoms with Crippen molar-refractivity contribution >= 4 is 17.5 Å². The van der Waals surface area contributed by atoms with Gasteiger partial charge in [0.25, 0.3) is 5.78 Å². The lowest BCUT2D eigenvalue weighted by molar-refractivity contribution is -0.102. The van der Waals surface area contributed by atoms with Crippen LogP contribution in [0.3, 0.4) is 0 Å². The summed E-state index contributed by atoms with van der Waals surface area (Å²) in [6.07, 6.45) is 0.630. The Morgan fingerprint density at radius 2 is 1.95 bits per heavy atom. The van der Waals surface area contributed by atoms with E-state index >= 15 is 0 Å². The molecule has 2 aromatic rings. The van der Waals surface area contributed by atoms with Crippen LogP contribution < -0.4 is 0 Å². The topological polar surface area (TPSA) is 61.5 Å². The summed E-state index contributed by atoms with van der Waals surface area (Å²) in [5, 5.41) is 5.32. The quantitative estimate of drug-likeness (QED) is 0.602. The Morgan fingerprint density at radius 3 is 2.55 bits per heavy atom. The molecule has 0 amide bonds. The molecule has 0 spiro atoms. The molecule has 0 fully saturated rings. The second kappa shape index (κ2) is 6.51. The first-order valence-electron chi connectivity index (χ1n) is 6.52. The van der Waals surface area contributed by atoms with Crippen molar-refractivity contribution in [2.24, 2.45) is 0 Å². The van der Waals surface area contributed by atoms with Crippen LogP contribution in [-0.2, 0) is 9.47 Å². The number of nitrogens with zero attached hydrogens (tertiary/aromatic N) is 4. The highest BCUT2D eigenvalue weighted by Crippen LogP contribution is 2.27. The minimum atomic E-state index is -0.271. The second-order valence-electron chi connectivity index (χ2n) is 4.55. The molecule has 0 saturated carbocycles. The SMILES string of the molecule is CC[C@@H](Sc1nc2nc(C)cc(C)n2n1)C(OC)OC. The normalized spacial score (nSPS) is 13.3. The number of aryl methyl sites for hydroxylation is 2. The zero-order chi connectivity index (χ0) is 14.7. The van der Waals surface area contributed by atoms with Crippen LogP contribution in [0, 0.1) is 13.8 Å². The van der Waals surface area contributed by atoms with Crippen molar-refractivity contribution in [3.8, 4) is 0 Å². The molecule has 0 radical (unpaired) electrons. The van der Waals surface area contributed by atoms with Gasteiger partial charge in [0.05, 0.1) is 5.25 Å². The third-order valence-electron chi connectivity index (χ3n) is 3.03. The van der Waals surface area contributed by atoms with Gasteiger partial charge in [-0.2, -0.15) is 4.98 Å². The summed E-state index contributed by atoms with van der Waals surface area (Å²) in [7, 11) is 3.28. The molecule has 20 heavy (non-hydrogen) atoms. The maximum atomic E-state index is 5.32. The summed E-state index contributed by atoms with van der Waals surface area (Å²) in [6, 6.07) is 1.99. The molecule has 2 heterocycles. The van der Waals surface area contributed by atoms with Crippen LogP contribution in [0.1, 0.15) is 24.7 Å². The highest BCUT2D eigenvalue weighted by Gasteiger charge is 2.22. The number of aromatic nitrogens is 4. The van der Waals surface area contributed by atoms with Crippen LogP contribution in [0.25, 0.3) is 5.78 Å². The number of hydrogen-bond acceptors (Lipinski definition) is 6. The van der Waals surface area contributed by atoms with Crippen LogP contribution in [0.2, 0.25) is 0 Å². The summed E-state index contributed by atoms with van der Waals surface area (Å²) in [4.78, 5) is 8.85. The van der Waals surface area contributed by atoms with E-state index < -0.39 is 0 Å². The molecule has 0 aromatic carbocycles. The van der Waals surface area contributed by atoms with Crippen molar-refractivity contribution in [1.29, 1.82) is 0 Å². The summed E-state index contributed by atoms with van der Waals surface area (Å²) >= 11 is 1.55. The first-order valence-corrected chi connectivity index (χ1v) is 7.40. The van der Waals surface area contributed by atoms with E-state index in [1.165, 1.54) is 0 Å². The van der Waals surface area contributed by atoms with Crippen molar-refractivity contribution in [1.82, 2.24) is 19.6 Å². The Bertz CT molecular complexity index is 583. The highest BCUT2D eigenvalue weighted by atomic mass is 32.2. The van der Waals surface area contributed by atoms with E-state index in [-0.39, 0.29) is 11.5 Å². The standard InChI is InChI=1S/C13H20N4O2S/c1-6-10(11(18-4)19-5)20-13-15-12-14-8(2)7-9(3)17(12)16-13/h7,10-11H,6H2,1-5H3/t10-/m1/s1. The Hall–Kier alpha value is -1.18. The van der Waals surface area contributed by atoms with Gasteiger partial charge in [-0.1, -0.05) is 18.7 Å². The number of methoxy groups -OCH3 is 2. The summed E-state index contributed by atoms with van der Waals surface area (Å²) in [5.74, 6) is 0.631. The fourth-order valence-electron chi connectivity index (χ4n) is 2.06. The number of thioether (sulfide) groups is 1. The first kappa shape index (κ1) is 15.2. The van der Waals surface area contributed by atoms with E-state index in [9.17, 15) is 0 Å². The monoisotopic (exact) mass is 296 g/mol. The molecule has 7 heteroatoms. The summed E-state index contributed by atoms with van der Waals surface area (Å²) in [5.41, 5.74) is 1.97. The van der Waals surface area contributed by atoms with Crippen molar-refractivity contribution in [3.63, 3.8) is 0 Å². The van der Waals surface area contributed by atoms with Gasteiger partial charge in [-0.25, -0.2) is 9.50 Å². The molecular formula is C13H20N4O2S. The molecule has 6 nitrogen and oxygen atoms in total. The van der Waals surface area contributed by atoms with Crippen molar-refractivity contribution < 1.29 is 9.47 Å². The number of rotatable bonds is 6. The Balaban J connectivity index is 2.27. The Morgan fingerprint density at radius 1 is 1.25 bits per heavy atom. The van der Waals surface area contributed by atoms with Crippen LogP contribution in [0.15, 0.2) is 11.2 Å². The van der Waals surface area contributed by atoms with Gasteiger partial charge < -0.3 is 9.47 Å². The maximum absolute atomic E-state index is 5.32. The van der Waals surface area contributed by atoms with Gasteiger partial charge >= 0.3 is 0 Å². The van der Waals surface area contributed by atoms with Gasteiger partial charge in [0, 0.05) is 25.6 Å². The van der Waals surface area contributed by atoms with E-state index in [0.29, 0.717) is 10.9 Å². The van der Waals surface area contributed by atoms with E-state index in [4.69, 9.17) is 9.47 Å². The molecule has 0 aliphatic carbocycles. The molecule has 0 saturated heterocycles. The number of hydrogen-bond donors (Lipinski definition) is 0. The average Bonchev–Trinajstić information content (AvgIpc) is 2.81. The Labute approximate surface area is 122 Å². The smallest absolute Gasteiger partial charge is 0.253 e. The van der Waals surface area contributed by atoms with Crippen LogP contribution >= 0.6 is 11.8 Å². The molecule has 110 valence electrons. The molecule has 1 atom stereocenters. The van der Waals surface area contributed by atoms with Gasteiger partial charge in [-0.3, -0.25) is 0 Å². The van der Waals surface area contributed by atoms with E-state index in [1.54, 1.807) is 30.5 Å². The van der Waals surface area contributed by atoms with Gasteiger partial charge in [-0.05, 0) is 26.3 Å². The van der Waals surface area contributed by atoms with Crippen LogP contribution in [0.4, 0.5) is 0 Å². The molecule has 0 aliphatic heterocycles. The summed E-state index contributed by atoms with van der Waals surface area (Å²) < 4.78 is 12.4. The number of fused-ring (bicyclic) bond motifs is 1. The first-order chi connectivity index (χ1) is 9.58. The summed E-state index contributed by atoms with van der Waals surface area (Å²) in [6.45, 7) is 6.04. The van der Waals surface area contributed by atoms with Crippen molar-refractivity contribution in [2.75, 3.05) is 14.2 Å². The molecule has 0 unspecified atom stereocenters. The lowest BCUT2D eigenvalue weighted by atomic mass is 10.3. The zero-order valence-electron chi connectivity index (χ0n) is 12.5. The van der Waals surface area contributed by atoms with Crippen molar-refractivity contribution in [3.05, 3.63) is 17.5 Å². The molecule has 0 bridgehead atoms. The van der Waals surface area contributed by atoms with Gasteiger partial charge in [-0.15, -0.1) is 5.10 Å². The van der Waals surface area contributed by atoms with Crippen LogP contribution in [-0.4, -0.2) is 45.3 Å². The fraction of sp³-hybridized carbons (Fsp3) is 0.615. The third kappa shape index (κ3) is 3.11. The average molecular weight is 296 g/mol. The third-order valence-corrected chi connectivity index (χ3v) is 4.27. The second-order valence-corrected chi connectivity index (χ2v) is 5.76. The minimum Gasteiger partial charge on any atom is -0.355 e. The number of ether oxygens (including phenoxy) is 2. The van der Waals surface area contributed by atoms with Gasteiger partial charge in [0.15, 0.2) is 6.29 Å². The largest absolute Gasteiger partial charge is 0.355 e. The fourth-order valence-corrected chi connectivity index (χ4v) is 3.10. The zero-order valence-corrected chi connectivity index (χ0v) is 13.3. The predicted octanol–water partition coefficient (Wildman–Crippen LogP) is 2.23. The highest BCUT2D eigenvalue weighted by molar-refractivity contribution is 7.99. The van der Waals surface area contributed by atoms with Gasteiger partial charge in [0.2, 0.25) is 5.16 Å². The molecule has 2 rings (SSSR count). The van der Waals surface area contributed by atoms with E-state index in [2.05, 4.69) is 22.0 Å². The lowest BCUT2D eigenvalue weighted by Gasteiger charge is -2.21. The predicted molar refractivity (Wildman–Crippen MR) is 78.0 cm³/mol. The molecule has 0 N–H and O–H groups in total. The van der Waals surface area contributed by atoms with Crippen LogP contribution in [0.5, 0.6) is 0 Å². The van der Waals surface area contributed by atoms with E-state index in [0.717, 1.165) is 17.8 Å². The molecular weight excluding hydrogens is 276 g/mol. The minimum absolute atomic E-state index is 0.142. The lowest BCUT2D eigenvalue weighted by Crippen LogP contribution is -2.26. The van der Waals surface area contributed by atoms with Crippen molar-refractivity contribution in [2.45, 2.75) is 43.9 Å². The Kier molecular flexibility index (Phi) is 4.95. The van der Waals surface area contributed by atoms with E-state index in [1.807, 2.05) is 19.9 Å². The molecule has 2 aromatic heterocycles. The maximum Gasteiger partial charge on any atom is 0.253 e. The van der Waals surface area contributed by atoms with Gasteiger partial charge in [0.1, 0.15) is 0 Å². The molecule has 0 aliphatic rings.